The molecule has 150 valence electrons. The standard InChI is InChI=1S/C21H21FN4O3/c1-3-10-27-21-23-9-8-16(24-21)18-17(14-4-6-15(22)7-5-14)25-19(26-18)20-28-11-13(2)12-29-20/h4-9,20H,2-3,10-12H2,1H3,(H,25,26). The van der Waals surface area contributed by atoms with E-state index in [4.69, 9.17) is 14.2 Å². The van der Waals surface area contributed by atoms with Crippen molar-refractivity contribution in [1.82, 2.24) is 19.9 Å². The van der Waals surface area contributed by atoms with Gasteiger partial charge in [0, 0.05) is 11.8 Å². The van der Waals surface area contributed by atoms with Gasteiger partial charge in [0.25, 0.3) is 0 Å². The van der Waals surface area contributed by atoms with Crippen LogP contribution >= 0.6 is 0 Å². The van der Waals surface area contributed by atoms with Crippen molar-refractivity contribution in [3.8, 4) is 28.7 Å². The van der Waals surface area contributed by atoms with Gasteiger partial charge in [0.1, 0.15) is 5.82 Å². The molecule has 7 nitrogen and oxygen atoms in total. The number of ether oxygens (including phenoxy) is 3. The van der Waals surface area contributed by atoms with Gasteiger partial charge in [-0.05, 0) is 42.3 Å². The van der Waals surface area contributed by atoms with Crippen LogP contribution in [0, 0.1) is 5.82 Å². The summed E-state index contributed by atoms with van der Waals surface area (Å²) in [5.41, 5.74) is 3.45. The molecule has 1 fully saturated rings. The van der Waals surface area contributed by atoms with E-state index < -0.39 is 6.29 Å². The lowest BCUT2D eigenvalue weighted by atomic mass is 10.1. The third kappa shape index (κ3) is 4.33. The summed E-state index contributed by atoms with van der Waals surface area (Å²) in [6.45, 7) is 7.19. The summed E-state index contributed by atoms with van der Waals surface area (Å²) >= 11 is 0. The Kier molecular flexibility index (Phi) is 5.64. The van der Waals surface area contributed by atoms with Crippen molar-refractivity contribution in [2.45, 2.75) is 19.6 Å². The fraction of sp³-hybridized carbons (Fsp3) is 0.286. The van der Waals surface area contributed by atoms with Crippen molar-refractivity contribution in [3.05, 3.63) is 60.3 Å². The largest absolute Gasteiger partial charge is 0.463 e. The van der Waals surface area contributed by atoms with Crippen LogP contribution in [-0.4, -0.2) is 39.8 Å². The van der Waals surface area contributed by atoms with Crippen molar-refractivity contribution >= 4 is 0 Å². The summed E-state index contributed by atoms with van der Waals surface area (Å²) in [6.07, 6.45) is 1.83. The number of nitrogens with zero attached hydrogens (tertiary/aromatic N) is 3. The third-order valence-corrected chi connectivity index (χ3v) is 4.27. The van der Waals surface area contributed by atoms with Crippen molar-refractivity contribution < 1.29 is 18.6 Å². The van der Waals surface area contributed by atoms with Gasteiger partial charge in [0.2, 0.25) is 6.29 Å². The number of H-pyrrole nitrogens is 1. The van der Waals surface area contributed by atoms with Gasteiger partial charge in [-0.1, -0.05) is 13.5 Å². The molecular weight excluding hydrogens is 375 g/mol. The molecule has 0 unspecified atom stereocenters. The second-order valence-corrected chi connectivity index (χ2v) is 6.63. The maximum absolute atomic E-state index is 13.4. The van der Waals surface area contributed by atoms with E-state index in [1.54, 1.807) is 24.4 Å². The predicted octanol–water partition coefficient (Wildman–Crippen LogP) is 4.06. The zero-order chi connectivity index (χ0) is 20.2. The topological polar surface area (TPSA) is 82.2 Å². The summed E-state index contributed by atoms with van der Waals surface area (Å²) in [7, 11) is 0. The first kappa shape index (κ1) is 19.2. The van der Waals surface area contributed by atoms with Gasteiger partial charge < -0.3 is 19.2 Å². The Morgan fingerprint density at radius 2 is 1.93 bits per heavy atom. The van der Waals surface area contributed by atoms with E-state index in [0.29, 0.717) is 42.7 Å². The first-order chi connectivity index (χ1) is 14.1. The van der Waals surface area contributed by atoms with Gasteiger partial charge in [0.05, 0.1) is 36.9 Å². The fourth-order valence-electron chi connectivity index (χ4n) is 2.88. The van der Waals surface area contributed by atoms with Gasteiger partial charge in [0.15, 0.2) is 5.82 Å². The first-order valence-corrected chi connectivity index (χ1v) is 9.36. The zero-order valence-electron chi connectivity index (χ0n) is 16.0. The Balaban J connectivity index is 1.74. The van der Waals surface area contributed by atoms with Gasteiger partial charge in [-0.15, -0.1) is 0 Å². The van der Waals surface area contributed by atoms with E-state index >= 15 is 0 Å². The van der Waals surface area contributed by atoms with Crippen LogP contribution in [0.3, 0.4) is 0 Å². The van der Waals surface area contributed by atoms with E-state index in [1.165, 1.54) is 12.1 Å². The fourth-order valence-corrected chi connectivity index (χ4v) is 2.88. The number of aromatic nitrogens is 4. The molecule has 0 amide bonds. The average Bonchev–Trinajstić information content (AvgIpc) is 3.19. The SMILES string of the molecule is C=C1COC(c2nc(-c3ccc(F)cc3)c(-c3ccnc(OCCC)n3)[nH]2)OC1. The number of hydrogen-bond donors (Lipinski definition) is 1. The highest BCUT2D eigenvalue weighted by Crippen LogP contribution is 2.33. The molecule has 0 atom stereocenters. The van der Waals surface area contributed by atoms with Gasteiger partial charge in [-0.2, -0.15) is 4.98 Å². The third-order valence-electron chi connectivity index (χ3n) is 4.27. The molecule has 0 bridgehead atoms. The van der Waals surface area contributed by atoms with E-state index in [1.807, 2.05) is 6.92 Å². The van der Waals surface area contributed by atoms with Crippen LogP contribution in [0.15, 0.2) is 48.7 Å². The molecule has 0 spiro atoms. The number of hydrogen-bond acceptors (Lipinski definition) is 6. The molecule has 0 saturated carbocycles. The molecular formula is C21H21FN4O3. The van der Waals surface area contributed by atoms with E-state index in [2.05, 4.69) is 26.5 Å². The quantitative estimate of drug-likeness (QED) is 0.633. The highest BCUT2D eigenvalue weighted by Gasteiger charge is 2.25. The maximum atomic E-state index is 13.4. The summed E-state index contributed by atoms with van der Waals surface area (Å²) in [5, 5.41) is 0. The molecule has 1 N–H and O–H groups in total. The second-order valence-electron chi connectivity index (χ2n) is 6.63. The Labute approximate surface area is 167 Å². The molecule has 29 heavy (non-hydrogen) atoms. The summed E-state index contributed by atoms with van der Waals surface area (Å²) in [5.74, 6) is 0.183. The lowest BCUT2D eigenvalue weighted by Crippen LogP contribution is -2.20. The monoisotopic (exact) mass is 396 g/mol. The number of aromatic amines is 1. The van der Waals surface area contributed by atoms with Crippen molar-refractivity contribution in [3.63, 3.8) is 0 Å². The van der Waals surface area contributed by atoms with Crippen LogP contribution in [0.5, 0.6) is 6.01 Å². The summed E-state index contributed by atoms with van der Waals surface area (Å²) in [4.78, 5) is 16.5. The lowest BCUT2D eigenvalue weighted by molar-refractivity contribution is -0.165. The highest BCUT2D eigenvalue weighted by atomic mass is 19.1. The molecule has 1 saturated heterocycles. The maximum Gasteiger partial charge on any atom is 0.316 e. The van der Waals surface area contributed by atoms with Gasteiger partial charge in [-0.25, -0.2) is 14.4 Å². The van der Waals surface area contributed by atoms with Gasteiger partial charge >= 0.3 is 6.01 Å². The van der Waals surface area contributed by atoms with Crippen LogP contribution in [0.25, 0.3) is 22.6 Å². The van der Waals surface area contributed by atoms with E-state index in [9.17, 15) is 4.39 Å². The smallest absolute Gasteiger partial charge is 0.316 e. The van der Waals surface area contributed by atoms with Crippen molar-refractivity contribution in [2.75, 3.05) is 19.8 Å². The van der Waals surface area contributed by atoms with Crippen LogP contribution in [0.1, 0.15) is 25.5 Å². The minimum atomic E-state index is -0.647. The molecule has 1 aliphatic heterocycles. The molecule has 1 aliphatic rings. The number of imidazole rings is 1. The summed E-state index contributed by atoms with van der Waals surface area (Å²) < 4.78 is 30.3. The number of halogens is 1. The predicted molar refractivity (Wildman–Crippen MR) is 105 cm³/mol. The zero-order valence-corrected chi connectivity index (χ0v) is 16.0. The Bertz CT molecular complexity index is 993. The van der Waals surface area contributed by atoms with Crippen molar-refractivity contribution in [1.29, 1.82) is 0 Å². The number of nitrogens with one attached hydrogen (secondary N) is 1. The van der Waals surface area contributed by atoms with Crippen molar-refractivity contribution in [2.24, 2.45) is 0 Å². The van der Waals surface area contributed by atoms with Crippen LogP contribution in [0.2, 0.25) is 0 Å². The molecule has 1 aromatic carbocycles. The van der Waals surface area contributed by atoms with E-state index in [-0.39, 0.29) is 11.8 Å². The normalized spacial score (nSPS) is 14.9. The Morgan fingerprint density at radius 1 is 1.17 bits per heavy atom. The van der Waals surface area contributed by atoms with E-state index in [0.717, 1.165) is 17.6 Å². The first-order valence-electron chi connectivity index (χ1n) is 9.36. The molecule has 8 heteroatoms. The highest BCUT2D eigenvalue weighted by molar-refractivity contribution is 5.76. The summed E-state index contributed by atoms with van der Waals surface area (Å²) in [6, 6.07) is 8.15. The molecule has 3 aromatic rings. The van der Waals surface area contributed by atoms with Crippen LogP contribution in [-0.2, 0) is 9.47 Å². The number of rotatable bonds is 6. The van der Waals surface area contributed by atoms with Crippen LogP contribution in [0.4, 0.5) is 4.39 Å². The van der Waals surface area contributed by atoms with Gasteiger partial charge in [-0.3, -0.25) is 0 Å². The molecule has 0 aliphatic carbocycles. The average molecular weight is 396 g/mol. The molecule has 0 radical (unpaired) electrons. The Hall–Kier alpha value is -3.10. The molecule has 3 heterocycles. The minimum absolute atomic E-state index is 0.284. The lowest BCUT2D eigenvalue weighted by Gasteiger charge is -2.22. The molecule has 2 aromatic heterocycles. The van der Waals surface area contributed by atoms with Crippen LogP contribution < -0.4 is 4.74 Å². The molecule has 4 rings (SSSR count). The number of benzene rings is 1. The second kappa shape index (κ2) is 8.50. The Morgan fingerprint density at radius 3 is 2.66 bits per heavy atom. The minimum Gasteiger partial charge on any atom is -0.463 e.